The van der Waals surface area contributed by atoms with Crippen LogP contribution in [0.15, 0.2) is 71.5 Å². The van der Waals surface area contributed by atoms with Crippen LogP contribution < -0.4 is 5.56 Å². The van der Waals surface area contributed by atoms with Crippen LogP contribution in [0.4, 0.5) is 4.39 Å². The molecule has 0 aliphatic rings. The molecule has 134 valence electrons. The fourth-order valence-corrected chi connectivity index (χ4v) is 3.38. The summed E-state index contributed by atoms with van der Waals surface area (Å²) in [5.74, 6) is -2.56. The van der Waals surface area contributed by atoms with E-state index in [9.17, 15) is 19.1 Å². The summed E-state index contributed by atoms with van der Waals surface area (Å²) in [6.45, 7) is 0. The van der Waals surface area contributed by atoms with E-state index in [2.05, 4.69) is 4.98 Å². The number of hydrogen-bond acceptors (Lipinski definition) is 2. The van der Waals surface area contributed by atoms with Crippen molar-refractivity contribution in [3.05, 3.63) is 94.0 Å². The second-order valence-electron chi connectivity index (χ2n) is 6.56. The molecule has 5 heteroatoms. The van der Waals surface area contributed by atoms with E-state index in [-0.39, 0.29) is 12.0 Å². The third kappa shape index (κ3) is 3.31. The third-order valence-electron chi connectivity index (χ3n) is 4.76. The maximum Gasteiger partial charge on any atom is 0.311 e. The monoisotopic (exact) mass is 361 g/mol. The molecule has 0 spiro atoms. The fourth-order valence-electron chi connectivity index (χ4n) is 3.38. The van der Waals surface area contributed by atoms with Crippen molar-refractivity contribution < 1.29 is 14.3 Å². The first-order valence-corrected chi connectivity index (χ1v) is 8.54. The Morgan fingerprint density at radius 2 is 1.74 bits per heavy atom. The van der Waals surface area contributed by atoms with E-state index in [1.807, 2.05) is 42.5 Å². The fraction of sp³-hybridized carbons (Fsp3) is 0.0909. The van der Waals surface area contributed by atoms with Crippen LogP contribution in [-0.2, 0) is 11.2 Å². The highest BCUT2D eigenvalue weighted by Crippen LogP contribution is 2.24. The lowest BCUT2D eigenvalue weighted by Crippen LogP contribution is -2.23. The zero-order valence-corrected chi connectivity index (χ0v) is 14.3. The molecule has 0 radical (unpaired) electrons. The van der Waals surface area contributed by atoms with E-state index in [0.29, 0.717) is 10.9 Å². The molecular formula is C22H16FNO3. The average molecular weight is 361 g/mol. The number of rotatable bonds is 4. The second-order valence-corrected chi connectivity index (χ2v) is 6.56. The predicted molar refractivity (Wildman–Crippen MR) is 103 cm³/mol. The lowest BCUT2D eigenvalue weighted by Gasteiger charge is -2.13. The van der Waals surface area contributed by atoms with Crippen molar-refractivity contribution in [3.8, 4) is 0 Å². The van der Waals surface area contributed by atoms with Gasteiger partial charge in [-0.15, -0.1) is 0 Å². The van der Waals surface area contributed by atoms with Crippen LogP contribution in [0.25, 0.3) is 21.7 Å². The average Bonchev–Trinajstić information content (AvgIpc) is 2.66. The maximum atomic E-state index is 13.5. The van der Waals surface area contributed by atoms with Gasteiger partial charge < -0.3 is 10.1 Å². The van der Waals surface area contributed by atoms with Crippen LogP contribution in [-0.4, -0.2) is 16.1 Å². The van der Waals surface area contributed by atoms with Crippen LogP contribution in [0.3, 0.4) is 0 Å². The minimum Gasteiger partial charge on any atom is -0.481 e. The van der Waals surface area contributed by atoms with Gasteiger partial charge in [0, 0.05) is 16.5 Å². The van der Waals surface area contributed by atoms with E-state index >= 15 is 0 Å². The Balaban J connectivity index is 1.78. The van der Waals surface area contributed by atoms with Gasteiger partial charge in [-0.25, -0.2) is 4.39 Å². The van der Waals surface area contributed by atoms with Gasteiger partial charge in [-0.2, -0.15) is 0 Å². The molecule has 0 bridgehead atoms. The predicted octanol–water partition coefficient (Wildman–Crippen LogP) is 4.23. The molecule has 4 nitrogen and oxygen atoms in total. The molecule has 0 fully saturated rings. The summed E-state index contributed by atoms with van der Waals surface area (Å²) in [5.41, 5.74) is 0.941. The van der Waals surface area contributed by atoms with Crippen LogP contribution >= 0.6 is 0 Å². The molecule has 4 aromatic rings. The summed E-state index contributed by atoms with van der Waals surface area (Å²) in [5, 5.41) is 12.3. The topological polar surface area (TPSA) is 70.2 Å². The van der Waals surface area contributed by atoms with Crippen LogP contribution in [0.5, 0.6) is 0 Å². The molecule has 1 unspecified atom stereocenters. The SMILES string of the molecule is O=C(O)C(Cc1ccc2ccccc2c1)c1cc2cc(F)ccc2[nH]c1=O. The van der Waals surface area contributed by atoms with Crippen molar-refractivity contribution in [2.24, 2.45) is 0 Å². The van der Waals surface area contributed by atoms with Gasteiger partial charge in [-0.3, -0.25) is 9.59 Å². The number of H-pyrrole nitrogens is 1. The first kappa shape index (κ1) is 17.0. The van der Waals surface area contributed by atoms with Gasteiger partial charge in [-0.1, -0.05) is 42.5 Å². The number of carboxylic acids is 1. The molecule has 0 aliphatic heterocycles. The molecule has 0 saturated carbocycles. The molecule has 1 heterocycles. The molecule has 0 aliphatic carbocycles. The van der Waals surface area contributed by atoms with Crippen LogP contribution in [0.2, 0.25) is 0 Å². The summed E-state index contributed by atoms with van der Waals surface area (Å²) in [7, 11) is 0. The summed E-state index contributed by atoms with van der Waals surface area (Å²) in [4.78, 5) is 27.0. The first-order valence-electron chi connectivity index (χ1n) is 8.54. The summed E-state index contributed by atoms with van der Waals surface area (Å²) in [6, 6.07) is 19.0. The molecule has 0 amide bonds. The van der Waals surface area contributed by atoms with Gasteiger partial charge in [-0.05, 0) is 47.0 Å². The second kappa shape index (κ2) is 6.68. The maximum absolute atomic E-state index is 13.5. The van der Waals surface area contributed by atoms with Gasteiger partial charge in [0.25, 0.3) is 5.56 Å². The van der Waals surface area contributed by atoms with Crippen molar-refractivity contribution >= 4 is 27.6 Å². The number of benzene rings is 3. The highest BCUT2D eigenvalue weighted by molar-refractivity contribution is 5.84. The largest absolute Gasteiger partial charge is 0.481 e. The van der Waals surface area contributed by atoms with E-state index in [1.54, 1.807) is 0 Å². The number of pyridine rings is 1. The normalized spacial score (nSPS) is 12.3. The van der Waals surface area contributed by atoms with E-state index < -0.39 is 23.3 Å². The Kier molecular flexibility index (Phi) is 4.20. The summed E-state index contributed by atoms with van der Waals surface area (Å²) < 4.78 is 13.5. The summed E-state index contributed by atoms with van der Waals surface area (Å²) >= 11 is 0. The Morgan fingerprint density at radius 3 is 2.52 bits per heavy atom. The number of nitrogens with one attached hydrogen (secondary N) is 1. The van der Waals surface area contributed by atoms with Crippen molar-refractivity contribution in [3.63, 3.8) is 0 Å². The van der Waals surface area contributed by atoms with E-state index in [1.165, 1.54) is 24.3 Å². The van der Waals surface area contributed by atoms with Crippen molar-refractivity contribution in [2.75, 3.05) is 0 Å². The molecular weight excluding hydrogens is 345 g/mol. The van der Waals surface area contributed by atoms with Gasteiger partial charge in [0.05, 0.1) is 5.92 Å². The number of carbonyl (C=O) groups is 1. The standard InChI is InChI=1S/C22H16FNO3/c23-17-7-8-20-16(11-17)12-18(21(25)24-20)19(22(26)27)10-13-5-6-14-3-1-2-4-15(14)9-13/h1-9,11-12,19H,10H2,(H,24,25)(H,26,27). The number of aliphatic carboxylic acids is 1. The van der Waals surface area contributed by atoms with Crippen LogP contribution in [0, 0.1) is 5.82 Å². The minimum atomic E-state index is -1.09. The van der Waals surface area contributed by atoms with Gasteiger partial charge >= 0.3 is 5.97 Å². The lowest BCUT2D eigenvalue weighted by atomic mass is 9.91. The highest BCUT2D eigenvalue weighted by Gasteiger charge is 2.24. The van der Waals surface area contributed by atoms with E-state index in [4.69, 9.17) is 0 Å². The Morgan fingerprint density at radius 1 is 0.963 bits per heavy atom. The third-order valence-corrected chi connectivity index (χ3v) is 4.76. The Labute approximate surface area is 153 Å². The van der Waals surface area contributed by atoms with Gasteiger partial charge in [0.2, 0.25) is 0 Å². The number of carboxylic acid groups (broad SMARTS) is 1. The number of hydrogen-bond donors (Lipinski definition) is 2. The smallest absolute Gasteiger partial charge is 0.311 e. The molecule has 0 saturated heterocycles. The molecule has 2 N–H and O–H groups in total. The first-order chi connectivity index (χ1) is 13.0. The number of aromatic amines is 1. The lowest BCUT2D eigenvalue weighted by molar-refractivity contribution is -0.138. The molecule has 27 heavy (non-hydrogen) atoms. The van der Waals surface area contributed by atoms with Crippen molar-refractivity contribution in [1.29, 1.82) is 0 Å². The molecule has 1 aromatic heterocycles. The zero-order chi connectivity index (χ0) is 19.0. The number of fused-ring (bicyclic) bond motifs is 2. The highest BCUT2D eigenvalue weighted by atomic mass is 19.1. The number of halogens is 1. The van der Waals surface area contributed by atoms with Gasteiger partial charge in [0.1, 0.15) is 5.82 Å². The van der Waals surface area contributed by atoms with Crippen LogP contribution in [0.1, 0.15) is 17.0 Å². The Hall–Kier alpha value is -3.47. The van der Waals surface area contributed by atoms with E-state index in [0.717, 1.165) is 16.3 Å². The Bertz CT molecular complexity index is 1230. The van der Waals surface area contributed by atoms with Crippen molar-refractivity contribution in [1.82, 2.24) is 4.98 Å². The quantitative estimate of drug-likeness (QED) is 0.571. The van der Waals surface area contributed by atoms with Gasteiger partial charge in [0.15, 0.2) is 0 Å². The molecule has 1 atom stereocenters. The molecule has 4 rings (SSSR count). The minimum absolute atomic E-state index is 0.119. The van der Waals surface area contributed by atoms with Crippen molar-refractivity contribution in [2.45, 2.75) is 12.3 Å². The molecule has 3 aromatic carbocycles. The summed E-state index contributed by atoms with van der Waals surface area (Å²) in [6.07, 6.45) is 0.171. The number of aromatic nitrogens is 1. The zero-order valence-electron chi connectivity index (χ0n) is 14.3.